The van der Waals surface area contributed by atoms with Crippen LogP contribution in [0.5, 0.6) is 0 Å². The number of carboxylic acids is 1. The Hall–Kier alpha value is -2.21. The summed E-state index contributed by atoms with van der Waals surface area (Å²) in [6, 6.07) is 6.68. The Labute approximate surface area is 126 Å². The van der Waals surface area contributed by atoms with Crippen LogP contribution >= 0.6 is 11.3 Å². The number of carbonyl (C=O) groups excluding carboxylic acids is 1. The van der Waals surface area contributed by atoms with E-state index in [1.165, 1.54) is 0 Å². The number of hydrogen-bond donors (Lipinski definition) is 2. The van der Waals surface area contributed by atoms with Crippen molar-refractivity contribution in [1.82, 2.24) is 10.3 Å². The summed E-state index contributed by atoms with van der Waals surface area (Å²) in [6.45, 7) is 0.545. The molecular weight excluding hydrogens is 288 g/mol. The highest BCUT2D eigenvalue weighted by Gasteiger charge is 2.04. The van der Waals surface area contributed by atoms with E-state index in [1.54, 1.807) is 41.8 Å². The average molecular weight is 304 g/mol. The number of hydrogen-bond acceptors (Lipinski definition) is 4. The first-order chi connectivity index (χ1) is 10.1. The van der Waals surface area contributed by atoms with Gasteiger partial charge in [-0.25, -0.2) is 9.78 Å². The zero-order chi connectivity index (χ0) is 15.1. The lowest BCUT2D eigenvalue weighted by molar-refractivity contribution is -0.121. The number of nitrogens with zero attached hydrogens (tertiary/aromatic N) is 1. The van der Waals surface area contributed by atoms with E-state index in [0.29, 0.717) is 25.8 Å². The minimum absolute atomic E-state index is 0.00681. The van der Waals surface area contributed by atoms with Crippen LogP contribution < -0.4 is 5.32 Å². The van der Waals surface area contributed by atoms with Gasteiger partial charge in [0.2, 0.25) is 5.91 Å². The van der Waals surface area contributed by atoms with Crippen molar-refractivity contribution < 1.29 is 14.7 Å². The number of nitrogens with one attached hydrogen (secondary N) is 1. The summed E-state index contributed by atoms with van der Waals surface area (Å²) >= 11 is 1.55. The number of carbonyl (C=O) groups is 2. The molecule has 0 unspecified atom stereocenters. The molecule has 2 rings (SSSR count). The zero-order valence-corrected chi connectivity index (χ0v) is 12.2. The van der Waals surface area contributed by atoms with Crippen LogP contribution in [0.25, 0.3) is 0 Å². The molecule has 0 bridgehead atoms. The smallest absolute Gasteiger partial charge is 0.335 e. The van der Waals surface area contributed by atoms with Crippen molar-refractivity contribution in [1.29, 1.82) is 0 Å². The quantitative estimate of drug-likeness (QED) is 0.821. The van der Waals surface area contributed by atoms with E-state index in [1.807, 2.05) is 5.38 Å². The molecule has 21 heavy (non-hydrogen) atoms. The number of aryl methyl sites for hydroxylation is 1. The molecule has 0 saturated carbocycles. The molecule has 0 aliphatic heterocycles. The van der Waals surface area contributed by atoms with Crippen molar-refractivity contribution in [3.63, 3.8) is 0 Å². The van der Waals surface area contributed by atoms with Gasteiger partial charge in [-0.15, -0.1) is 11.3 Å². The fourth-order valence-corrected chi connectivity index (χ4v) is 2.47. The molecular formula is C15H16N2O3S. The Bertz CT molecular complexity index is 594. The summed E-state index contributed by atoms with van der Waals surface area (Å²) in [7, 11) is 0. The first-order valence-corrected chi connectivity index (χ1v) is 7.50. The highest BCUT2D eigenvalue weighted by Crippen LogP contribution is 2.07. The number of amides is 1. The van der Waals surface area contributed by atoms with Crippen LogP contribution in [0, 0.1) is 0 Å². The maximum absolute atomic E-state index is 11.7. The van der Waals surface area contributed by atoms with Crippen LogP contribution in [0.4, 0.5) is 0 Å². The molecule has 0 saturated heterocycles. The van der Waals surface area contributed by atoms with Gasteiger partial charge in [-0.05, 0) is 24.1 Å². The van der Waals surface area contributed by atoms with Gasteiger partial charge in [0.15, 0.2) is 0 Å². The number of carboxylic acid groups (broad SMARTS) is 1. The second-order valence-electron chi connectivity index (χ2n) is 4.53. The molecule has 0 atom stereocenters. The van der Waals surface area contributed by atoms with Crippen LogP contribution in [0.15, 0.2) is 35.8 Å². The monoisotopic (exact) mass is 304 g/mol. The van der Waals surface area contributed by atoms with E-state index in [-0.39, 0.29) is 11.5 Å². The second kappa shape index (κ2) is 7.54. The summed E-state index contributed by atoms with van der Waals surface area (Å²) in [4.78, 5) is 26.5. The minimum atomic E-state index is -0.933. The van der Waals surface area contributed by atoms with Crippen molar-refractivity contribution in [3.8, 4) is 0 Å². The van der Waals surface area contributed by atoms with Crippen molar-refractivity contribution in [3.05, 3.63) is 52.0 Å². The topological polar surface area (TPSA) is 79.3 Å². The number of thiazole rings is 1. The highest BCUT2D eigenvalue weighted by atomic mass is 32.1. The van der Waals surface area contributed by atoms with E-state index in [0.717, 1.165) is 10.6 Å². The lowest BCUT2D eigenvalue weighted by atomic mass is 10.1. The maximum Gasteiger partial charge on any atom is 0.335 e. The highest BCUT2D eigenvalue weighted by molar-refractivity contribution is 7.09. The second-order valence-corrected chi connectivity index (χ2v) is 5.51. The Morgan fingerprint density at radius 1 is 1.19 bits per heavy atom. The number of aromatic carboxylic acids is 1. The summed E-state index contributed by atoms with van der Waals surface area (Å²) in [5.41, 5.74) is 1.27. The molecule has 0 aliphatic carbocycles. The molecule has 6 heteroatoms. The van der Waals surface area contributed by atoms with Gasteiger partial charge in [0.1, 0.15) is 0 Å². The number of rotatable bonds is 7. The van der Waals surface area contributed by atoms with Gasteiger partial charge in [0, 0.05) is 31.0 Å². The third-order valence-electron chi connectivity index (χ3n) is 2.99. The molecule has 0 spiro atoms. The molecule has 2 aromatic rings. The Morgan fingerprint density at radius 3 is 2.57 bits per heavy atom. The molecule has 1 heterocycles. The molecule has 1 aromatic heterocycles. The van der Waals surface area contributed by atoms with Gasteiger partial charge in [0.25, 0.3) is 0 Å². The zero-order valence-electron chi connectivity index (χ0n) is 11.4. The van der Waals surface area contributed by atoms with E-state index in [9.17, 15) is 9.59 Å². The van der Waals surface area contributed by atoms with Gasteiger partial charge in [-0.1, -0.05) is 12.1 Å². The first kappa shape index (κ1) is 15.2. The standard InChI is InChI=1S/C15H16N2O3S/c18-13(5-6-14-17-9-10-21-14)16-8-7-11-1-3-12(4-2-11)15(19)20/h1-4,9-10H,5-8H2,(H,16,18)(H,19,20). The van der Waals surface area contributed by atoms with Crippen LogP contribution in [0.2, 0.25) is 0 Å². The van der Waals surface area contributed by atoms with Crippen molar-refractivity contribution in [2.45, 2.75) is 19.3 Å². The van der Waals surface area contributed by atoms with Crippen LogP contribution in [0.1, 0.15) is 27.3 Å². The summed E-state index contributed by atoms with van der Waals surface area (Å²) in [5, 5.41) is 14.5. The van der Waals surface area contributed by atoms with Gasteiger partial charge < -0.3 is 10.4 Å². The van der Waals surface area contributed by atoms with Crippen LogP contribution in [-0.4, -0.2) is 28.5 Å². The Kier molecular flexibility index (Phi) is 5.45. The summed E-state index contributed by atoms with van der Waals surface area (Å²) in [6.07, 6.45) is 3.52. The van der Waals surface area contributed by atoms with E-state index >= 15 is 0 Å². The third kappa shape index (κ3) is 5.00. The Balaban J connectivity index is 1.68. The van der Waals surface area contributed by atoms with Crippen LogP contribution in [-0.2, 0) is 17.6 Å². The molecule has 1 amide bonds. The molecule has 5 nitrogen and oxygen atoms in total. The Morgan fingerprint density at radius 2 is 1.95 bits per heavy atom. The van der Waals surface area contributed by atoms with Gasteiger partial charge in [-0.3, -0.25) is 4.79 Å². The fraction of sp³-hybridized carbons (Fsp3) is 0.267. The largest absolute Gasteiger partial charge is 0.478 e. The molecule has 1 aromatic carbocycles. The molecule has 110 valence electrons. The van der Waals surface area contributed by atoms with Crippen molar-refractivity contribution in [2.75, 3.05) is 6.54 Å². The summed E-state index contributed by atoms with van der Waals surface area (Å²) < 4.78 is 0. The fourth-order valence-electron chi connectivity index (χ4n) is 1.85. The molecule has 0 aliphatic rings. The average Bonchev–Trinajstić information content (AvgIpc) is 2.99. The number of benzene rings is 1. The predicted octanol–water partition coefficient (Wildman–Crippen LogP) is 2.13. The lowest BCUT2D eigenvalue weighted by Gasteiger charge is -2.05. The maximum atomic E-state index is 11.7. The normalized spacial score (nSPS) is 10.3. The molecule has 2 N–H and O–H groups in total. The minimum Gasteiger partial charge on any atom is -0.478 e. The predicted molar refractivity (Wildman–Crippen MR) is 80.6 cm³/mol. The van der Waals surface area contributed by atoms with E-state index < -0.39 is 5.97 Å². The van der Waals surface area contributed by atoms with E-state index in [4.69, 9.17) is 5.11 Å². The van der Waals surface area contributed by atoms with Gasteiger partial charge in [-0.2, -0.15) is 0 Å². The molecule has 0 radical (unpaired) electrons. The SMILES string of the molecule is O=C(CCc1nccs1)NCCc1ccc(C(=O)O)cc1. The van der Waals surface area contributed by atoms with Crippen molar-refractivity contribution >= 4 is 23.2 Å². The van der Waals surface area contributed by atoms with Crippen LogP contribution in [0.3, 0.4) is 0 Å². The van der Waals surface area contributed by atoms with E-state index in [2.05, 4.69) is 10.3 Å². The first-order valence-electron chi connectivity index (χ1n) is 6.62. The molecule has 0 fully saturated rings. The number of aromatic nitrogens is 1. The van der Waals surface area contributed by atoms with Gasteiger partial charge >= 0.3 is 5.97 Å². The van der Waals surface area contributed by atoms with Crippen molar-refractivity contribution in [2.24, 2.45) is 0 Å². The summed E-state index contributed by atoms with van der Waals surface area (Å²) in [5.74, 6) is -0.926. The third-order valence-corrected chi connectivity index (χ3v) is 3.83. The lowest BCUT2D eigenvalue weighted by Crippen LogP contribution is -2.25. The van der Waals surface area contributed by atoms with Gasteiger partial charge in [0.05, 0.1) is 10.6 Å².